The molecule has 0 aromatic carbocycles. The zero-order chi connectivity index (χ0) is 14.7. The molecule has 20 heavy (non-hydrogen) atoms. The van der Waals surface area contributed by atoms with Crippen molar-refractivity contribution in [2.75, 3.05) is 13.1 Å². The Hall–Kier alpha value is -0.0800. The molecule has 3 unspecified atom stereocenters. The van der Waals surface area contributed by atoms with Crippen LogP contribution in [0.3, 0.4) is 0 Å². The number of rotatable bonds is 6. The molecule has 2 heteroatoms. The highest BCUT2D eigenvalue weighted by Crippen LogP contribution is 2.36. The van der Waals surface area contributed by atoms with Crippen molar-refractivity contribution in [1.82, 2.24) is 10.2 Å². The molecule has 118 valence electrons. The molecule has 2 fully saturated rings. The predicted octanol–water partition coefficient (Wildman–Crippen LogP) is 3.91. The number of piperidine rings is 1. The molecule has 0 aromatic rings. The number of nitrogens with one attached hydrogen (secondary N) is 1. The average molecular weight is 280 g/mol. The van der Waals surface area contributed by atoms with E-state index in [0.717, 1.165) is 29.8 Å². The molecule has 1 aliphatic carbocycles. The predicted molar refractivity (Wildman–Crippen MR) is 88.0 cm³/mol. The molecule has 3 atom stereocenters. The zero-order valence-electron chi connectivity index (χ0n) is 14.4. The number of hydrogen-bond acceptors (Lipinski definition) is 2. The normalized spacial score (nSPS) is 32.9. The van der Waals surface area contributed by atoms with Crippen molar-refractivity contribution in [2.24, 2.45) is 17.8 Å². The van der Waals surface area contributed by atoms with E-state index >= 15 is 0 Å². The van der Waals surface area contributed by atoms with Gasteiger partial charge in [0.1, 0.15) is 0 Å². The summed E-state index contributed by atoms with van der Waals surface area (Å²) >= 11 is 0. The molecule has 0 spiro atoms. The summed E-state index contributed by atoms with van der Waals surface area (Å²) in [5, 5.41) is 4.01. The lowest BCUT2D eigenvalue weighted by Gasteiger charge is -2.50. The van der Waals surface area contributed by atoms with Crippen LogP contribution in [0.4, 0.5) is 0 Å². The number of likely N-dealkylation sites (tertiary alicyclic amines) is 1. The molecule has 0 aromatic heterocycles. The Labute approximate surface area is 126 Å². The quantitative estimate of drug-likeness (QED) is 0.793. The molecule has 1 N–H and O–H groups in total. The maximum absolute atomic E-state index is 4.01. The fourth-order valence-corrected chi connectivity index (χ4v) is 4.16. The second-order valence-electron chi connectivity index (χ2n) is 8.06. The minimum absolute atomic E-state index is 0.691. The van der Waals surface area contributed by atoms with Crippen LogP contribution >= 0.6 is 0 Å². The van der Waals surface area contributed by atoms with Crippen molar-refractivity contribution in [2.45, 2.75) is 84.8 Å². The van der Waals surface area contributed by atoms with E-state index in [0.29, 0.717) is 6.04 Å². The van der Waals surface area contributed by atoms with E-state index in [4.69, 9.17) is 0 Å². The van der Waals surface area contributed by atoms with Gasteiger partial charge in [0.25, 0.3) is 0 Å². The number of nitrogens with zero attached hydrogens (tertiary/aromatic N) is 1. The Balaban J connectivity index is 1.88. The molecule has 1 saturated carbocycles. The van der Waals surface area contributed by atoms with Crippen molar-refractivity contribution in [3.63, 3.8) is 0 Å². The molecule has 2 rings (SSSR count). The highest BCUT2D eigenvalue weighted by molar-refractivity contribution is 4.96. The summed E-state index contributed by atoms with van der Waals surface area (Å²) < 4.78 is 0. The van der Waals surface area contributed by atoms with Gasteiger partial charge in [0.05, 0.1) is 0 Å². The van der Waals surface area contributed by atoms with Gasteiger partial charge in [-0.25, -0.2) is 0 Å². The molecular formula is C18H36N2. The van der Waals surface area contributed by atoms with Gasteiger partial charge in [-0.1, -0.05) is 20.3 Å². The Kier molecular flexibility index (Phi) is 5.92. The zero-order valence-corrected chi connectivity index (χ0v) is 14.4. The first kappa shape index (κ1) is 16.3. The first-order valence-electron chi connectivity index (χ1n) is 8.97. The molecule has 1 heterocycles. The van der Waals surface area contributed by atoms with Crippen LogP contribution in [0.25, 0.3) is 0 Å². The van der Waals surface area contributed by atoms with Gasteiger partial charge >= 0.3 is 0 Å². The van der Waals surface area contributed by atoms with Gasteiger partial charge in [-0.05, 0) is 64.2 Å². The Morgan fingerprint density at radius 3 is 2.05 bits per heavy atom. The highest BCUT2D eigenvalue weighted by Gasteiger charge is 2.40. The molecule has 1 saturated heterocycles. The average Bonchev–Trinajstić information content (AvgIpc) is 2.35. The maximum Gasteiger partial charge on any atom is 0.0150 e. The minimum Gasteiger partial charge on any atom is -0.311 e. The van der Waals surface area contributed by atoms with E-state index in [1.54, 1.807) is 0 Å². The lowest BCUT2D eigenvalue weighted by Crippen LogP contribution is -2.59. The van der Waals surface area contributed by atoms with Gasteiger partial charge in [0.15, 0.2) is 0 Å². The van der Waals surface area contributed by atoms with E-state index in [1.165, 1.54) is 45.2 Å². The van der Waals surface area contributed by atoms with Gasteiger partial charge in [-0.3, -0.25) is 0 Å². The summed E-state index contributed by atoms with van der Waals surface area (Å²) in [6.45, 7) is 14.4. The van der Waals surface area contributed by atoms with Gasteiger partial charge in [-0.2, -0.15) is 0 Å². The van der Waals surface area contributed by atoms with E-state index < -0.39 is 0 Å². The topological polar surface area (TPSA) is 15.3 Å². The molecule has 1 aliphatic heterocycles. The van der Waals surface area contributed by atoms with Crippen molar-refractivity contribution in [1.29, 1.82) is 0 Å². The summed E-state index contributed by atoms with van der Waals surface area (Å²) in [6.07, 6.45) is 7.03. The van der Waals surface area contributed by atoms with Crippen LogP contribution < -0.4 is 5.32 Å². The van der Waals surface area contributed by atoms with Crippen molar-refractivity contribution < 1.29 is 0 Å². The summed E-state index contributed by atoms with van der Waals surface area (Å²) in [4.78, 5) is 2.71. The number of fused-ring (bicyclic) bond motifs is 2. The smallest absolute Gasteiger partial charge is 0.0150 e. The maximum atomic E-state index is 4.01. The first-order valence-corrected chi connectivity index (χ1v) is 8.97. The summed E-state index contributed by atoms with van der Waals surface area (Å²) in [7, 11) is 0. The molecular weight excluding hydrogens is 244 g/mol. The second kappa shape index (κ2) is 7.26. The highest BCUT2D eigenvalue weighted by atomic mass is 15.2. The number of hydrogen-bond donors (Lipinski definition) is 1. The summed E-state index contributed by atoms with van der Waals surface area (Å²) in [5.41, 5.74) is 0. The van der Waals surface area contributed by atoms with Crippen molar-refractivity contribution in [3.8, 4) is 0 Å². The molecule has 0 amide bonds. The van der Waals surface area contributed by atoms with Crippen LogP contribution in [0.15, 0.2) is 0 Å². The van der Waals surface area contributed by atoms with Crippen LogP contribution in [-0.2, 0) is 0 Å². The van der Waals surface area contributed by atoms with Crippen LogP contribution in [-0.4, -0.2) is 36.1 Å². The second-order valence-corrected chi connectivity index (χ2v) is 8.06. The first-order chi connectivity index (χ1) is 9.47. The monoisotopic (exact) mass is 280 g/mol. The van der Waals surface area contributed by atoms with Crippen molar-refractivity contribution >= 4 is 0 Å². The molecule has 2 nitrogen and oxygen atoms in total. The van der Waals surface area contributed by atoms with E-state index in [9.17, 15) is 0 Å². The Bertz CT molecular complexity index is 273. The third-order valence-electron chi connectivity index (χ3n) is 5.49. The Morgan fingerprint density at radius 1 is 0.950 bits per heavy atom. The molecule has 2 bridgehead atoms. The third-order valence-corrected chi connectivity index (χ3v) is 5.49. The largest absolute Gasteiger partial charge is 0.311 e. The van der Waals surface area contributed by atoms with E-state index in [-0.39, 0.29) is 0 Å². The van der Waals surface area contributed by atoms with E-state index in [1.807, 2.05) is 0 Å². The SMILES string of the molecule is CC(C)CCC(C)NC1C2CCCC1CN(C(C)C)C2. The van der Waals surface area contributed by atoms with Gasteiger partial charge in [-0.15, -0.1) is 0 Å². The summed E-state index contributed by atoms with van der Waals surface area (Å²) in [6, 6.07) is 2.20. The lowest BCUT2D eigenvalue weighted by molar-refractivity contribution is 0.0252. The fraction of sp³-hybridized carbons (Fsp3) is 1.00. The van der Waals surface area contributed by atoms with Crippen LogP contribution in [0.5, 0.6) is 0 Å². The van der Waals surface area contributed by atoms with Crippen LogP contribution in [0, 0.1) is 17.8 Å². The summed E-state index contributed by atoms with van der Waals surface area (Å²) in [5.74, 6) is 2.62. The molecule has 2 aliphatic rings. The Morgan fingerprint density at radius 2 is 1.55 bits per heavy atom. The van der Waals surface area contributed by atoms with Crippen molar-refractivity contribution in [3.05, 3.63) is 0 Å². The minimum atomic E-state index is 0.691. The lowest BCUT2D eigenvalue weighted by atomic mass is 9.73. The van der Waals surface area contributed by atoms with Crippen LogP contribution in [0.2, 0.25) is 0 Å². The van der Waals surface area contributed by atoms with E-state index in [2.05, 4.69) is 44.8 Å². The van der Waals surface area contributed by atoms with Crippen LogP contribution in [0.1, 0.15) is 66.7 Å². The van der Waals surface area contributed by atoms with Gasteiger partial charge in [0.2, 0.25) is 0 Å². The standard InChI is InChI=1S/C18H36N2/c1-13(2)9-10-15(5)19-18-16-7-6-8-17(18)12-20(11-16)14(3)4/h13-19H,6-12H2,1-5H3. The van der Waals surface area contributed by atoms with Gasteiger partial charge in [0, 0.05) is 31.2 Å². The van der Waals surface area contributed by atoms with Gasteiger partial charge < -0.3 is 10.2 Å². The fourth-order valence-electron chi connectivity index (χ4n) is 4.16. The molecule has 0 radical (unpaired) electrons. The third kappa shape index (κ3) is 4.21.